The first kappa shape index (κ1) is 21.1. The minimum absolute atomic E-state index is 0.975. The van der Waals surface area contributed by atoms with E-state index in [1.54, 1.807) is 0 Å². The lowest BCUT2D eigenvalue weighted by Crippen LogP contribution is -2.06. The van der Waals surface area contributed by atoms with Gasteiger partial charge in [0.1, 0.15) is 0 Å². The molecule has 0 bridgehead atoms. The lowest BCUT2D eigenvalue weighted by atomic mass is 10.1. The van der Waals surface area contributed by atoms with E-state index < -0.39 is 0 Å². The summed E-state index contributed by atoms with van der Waals surface area (Å²) in [6.07, 6.45) is 3.47. The van der Waals surface area contributed by atoms with Crippen molar-refractivity contribution in [2.24, 2.45) is 0 Å². The summed E-state index contributed by atoms with van der Waals surface area (Å²) in [6.45, 7) is 10.3. The molecule has 0 fully saturated rings. The van der Waals surface area contributed by atoms with Crippen LogP contribution in [0.25, 0.3) is 21.8 Å². The number of pyridine rings is 2. The summed E-state index contributed by atoms with van der Waals surface area (Å²) in [5, 5.41) is 9.69. The molecule has 0 saturated heterocycles. The third-order valence-corrected chi connectivity index (χ3v) is 5.67. The lowest BCUT2D eigenvalue weighted by Gasteiger charge is -2.13. The molecule has 2 aromatic carbocycles. The fourth-order valence-corrected chi connectivity index (χ4v) is 4.11. The van der Waals surface area contributed by atoms with Gasteiger partial charge in [-0.2, -0.15) is 0 Å². The standard InChI is InChI=1S/C27H32N4/c1-18-8-10-24-22(14-18)26(16-20(3)30-24)28-12-6-5-7-13-29-27-17-21(4)31-25-11-9-19(2)15-23(25)27/h8-11,14-17H,5-7,12-13H2,1-4H3,(H,28,30)(H,29,31). The van der Waals surface area contributed by atoms with Crippen molar-refractivity contribution in [3.05, 3.63) is 71.0 Å². The van der Waals surface area contributed by atoms with Gasteiger partial charge in [0.25, 0.3) is 0 Å². The van der Waals surface area contributed by atoms with Gasteiger partial charge >= 0.3 is 0 Å². The second-order valence-electron chi connectivity index (χ2n) is 8.58. The molecule has 2 N–H and O–H groups in total. The predicted molar refractivity (Wildman–Crippen MR) is 133 cm³/mol. The molecular weight excluding hydrogens is 380 g/mol. The average Bonchev–Trinajstić information content (AvgIpc) is 2.73. The summed E-state index contributed by atoms with van der Waals surface area (Å²) < 4.78 is 0. The number of nitrogens with zero attached hydrogens (tertiary/aromatic N) is 2. The summed E-state index contributed by atoms with van der Waals surface area (Å²) in [7, 11) is 0. The zero-order chi connectivity index (χ0) is 21.8. The van der Waals surface area contributed by atoms with Crippen molar-refractivity contribution < 1.29 is 0 Å². The molecule has 0 amide bonds. The van der Waals surface area contributed by atoms with Crippen LogP contribution in [-0.4, -0.2) is 23.1 Å². The van der Waals surface area contributed by atoms with E-state index in [9.17, 15) is 0 Å². The molecule has 4 heteroatoms. The average molecular weight is 413 g/mol. The van der Waals surface area contributed by atoms with Crippen LogP contribution in [0.3, 0.4) is 0 Å². The molecule has 4 rings (SSSR count). The minimum atomic E-state index is 0.975. The van der Waals surface area contributed by atoms with E-state index in [2.05, 4.69) is 96.8 Å². The highest BCUT2D eigenvalue weighted by Crippen LogP contribution is 2.25. The van der Waals surface area contributed by atoms with Crippen molar-refractivity contribution in [3.8, 4) is 0 Å². The monoisotopic (exact) mass is 412 g/mol. The van der Waals surface area contributed by atoms with Crippen molar-refractivity contribution in [1.29, 1.82) is 0 Å². The summed E-state index contributed by atoms with van der Waals surface area (Å²) >= 11 is 0. The molecule has 4 nitrogen and oxygen atoms in total. The van der Waals surface area contributed by atoms with Crippen molar-refractivity contribution in [2.75, 3.05) is 23.7 Å². The van der Waals surface area contributed by atoms with Crippen LogP contribution in [0.4, 0.5) is 11.4 Å². The largest absolute Gasteiger partial charge is 0.384 e. The van der Waals surface area contributed by atoms with E-state index >= 15 is 0 Å². The molecular formula is C27H32N4. The maximum atomic E-state index is 4.66. The molecule has 0 radical (unpaired) electrons. The molecule has 0 atom stereocenters. The smallest absolute Gasteiger partial charge is 0.0726 e. The molecule has 4 aromatic rings. The van der Waals surface area contributed by atoms with Crippen molar-refractivity contribution in [1.82, 2.24) is 9.97 Å². The number of rotatable bonds is 8. The van der Waals surface area contributed by atoms with Crippen LogP contribution in [0.5, 0.6) is 0 Å². The first-order valence-electron chi connectivity index (χ1n) is 11.2. The van der Waals surface area contributed by atoms with E-state index in [-0.39, 0.29) is 0 Å². The highest BCUT2D eigenvalue weighted by Gasteiger charge is 2.06. The van der Waals surface area contributed by atoms with Gasteiger partial charge in [0.2, 0.25) is 0 Å². The van der Waals surface area contributed by atoms with Crippen LogP contribution >= 0.6 is 0 Å². The summed E-state index contributed by atoms with van der Waals surface area (Å²) in [4.78, 5) is 9.31. The Hall–Kier alpha value is -3.14. The second-order valence-corrected chi connectivity index (χ2v) is 8.58. The van der Waals surface area contributed by atoms with Crippen molar-refractivity contribution in [2.45, 2.75) is 47.0 Å². The number of hydrogen-bond donors (Lipinski definition) is 2. The molecule has 2 heterocycles. The highest BCUT2D eigenvalue weighted by atomic mass is 14.9. The van der Waals surface area contributed by atoms with Gasteiger partial charge in [-0.15, -0.1) is 0 Å². The number of fused-ring (bicyclic) bond motifs is 2. The van der Waals surface area contributed by atoms with E-state index in [0.717, 1.165) is 48.4 Å². The zero-order valence-corrected chi connectivity index (χ0v) is 19.0. The van der Waals surface area contributed by atoms with Crippen LogP contribution in [0.15, 0.2) is 48.5 Å². The van der Waals surface area contributed by atoms with Gasteiger partial charge in [-0.25, -0.2) is 0 Å². The Kier molecular flexibility index (Phi) is 6.36. The molecule has 31 heavy (non-hydrogen) atoms. The highest BCUT2D eigenvalue weighted by molar-refractivity contribution is 5.92. The molecule has 0 aliphatic heterocycles. The van der Waals surface area contributed by atoms with Crippen molar-refractivity contribution >= 4 is 33.2 Å². The Bertz CT molecular complexity index is 1120. The molecule has 0 spiro atoms. The Morgan fingerprint density at radius 2 is 1.03 bits per heavy atom. The molecule has 2 aromatic heterocycles. The number of aryl methyl sites for hydroxylation is 4. The third kappa shape index (κ3) is 5.13. The predicted octanol–water partition coefficient (Wildman–Crippen LogP) is 6.71. The Balaban J connectivity index is 1.28. The number of hydrogen-bond acceptors (Lipinski definition) is 4. The van der Waals surface area contributed by atoms with Crippen molar-refractivity contribution in [3.63, 3.8) is 0 Å². The van der Waals surface area contributed by atoms with Crippen LogP contribution in [0.2, 0.25) is 0 Å². The quantitative estimate of drug-likeness (QED) is 0.316. The Labute approximate surface area is 185 Å². The normalized spacial score (nSPS) is 11.2. The van der Waals surface area contributed by atoms with E-state index in [1.165, 1.54) is 39.7 Å². The molecule has 160 valence electrons. The number of benzene rings is 2. The first-order valence-corrected chi connectivity index (χ1v) is 11.2. The van der Waals surface area contributed by atoms with E-state index in [0.29, 0.717) is 0 Å². The van der Waals surface area contributed by atoms with E-state index in [4.69, 9.17) is 0 Å². The fourth-order valence-electron chi connectivity index (χ4n) is 4.11. The first-order chi connectivity index (χ1) is 15.0. The zero-order valence-electron chi connectivity index (χ0n) is 19.0. The number of anilines is 2. The molecule has 0 aliphatic carbocycles. The summed E-state index contributed by atoms with van der Waals surface area (Å²) in [5.41, 5.74) is 9.15. The van der Waals surface area contributed by atoms with Crippen LogP contribution in [-0.2, 0) is 0 Å². The summed E-state index contributed by atoms with van der Waals surface area (Å²) in [6, 6.07) is 17.2. The molecule has 0 saturated carbocycles. The van der Waals surface area contributed by atoms with Gasteiger partial charge < -0.3 is 10.6 Å². The number of aromatic nitrogens is 2. The SMILES string of the molecule is Cc1ccc2nc(C)cc(NCCCCCNc3cc(C)nc4ccc(C)cc34)c2c1. The maximum Gasteiger partial charge on any atom is 0.0726 e. The fraction of sp³-hybridized carbons (Fsp3) is 0.333. The van der Waals surface area contributed by atoms with Crippen LogP contribution in [0.1, 0.15) is 41.8 Å². The second kappa shape index (κ2) is 9.34. The van der Waals surface area contributed by atoms with Gasteiger partial charge in [-0.3, -0.25) is 9.97 Å². The summed E-state index contributed by atoms with van der Waals surface area (Å²) in [5.74, 6) is 0. The van der Waals surface area contributed by atoms with E-state index in [1.807, 2.05) is 0 Å². The lowest BCUT2D eigenvalue weighted by molar-refractivity contribution is 0.721. The third-order valence-electron chi connectivity index (χ3n) is 5.67. The van der Waals surface area contributed by atoms with Crippen LogP contribution in [0, 0.1) is 27.7 Å². The number of nitrogens with one attached hydrogen (secondary N) is 2. The van der Waals surface area contributed by atoms with Gasteiger partial charge in [0.05, 0.1) is 11.0 Å². The van der Waals surface area contributed by atoms with Gasteiger partial charge in [-0.05, 0) is 83.4 Å². The number of unbranched alkanes of at least 4 members (excludes halogenated alkanes) is 2. The topological polar surface area (TPSA) is 49.8 Å². The molecule has 0 aliphatic rings. The van der Waals surface area contributed by atoms with Gasteiger partial charge in [0, 0.05) is 46.6 Å². The van der Waals surface area contributed by atoms with Gasteiger partial charge in [-0.1, -0.05) is 23.3 Å². The van der Waals surface area contributed by atoms with Gasteiger partial charge in [0.15, 0.2) is 0 Å². The molecule has 0 unspecified atom stereocenters. The minimum Gasteiger partial charge on any atom is -0.384 e. The Morgan fingerprint density at radius 3 is 1.48 bits per heavy atom. The van der Waals surface area contributed by atoms with Crippen LogP contribution < -0.4 is 10.6 Å². The Morgan fingerprint density at radius 1 is 0.581 bits per heavy atom. The maximum absolute atomic E-state index is 4.66.